The topological polar surface area (TPSA) is 46.1 Å². The van der Waals surface area contributed by atoms with Crippen LogP contribution in [0.2, 0.25) is 0 Å². The molecule has 0 amide bonds. The molecule has 2 fully saturated rings. The van der Waals surface area contributed by atoms with Gasteiger partial charge in [0.25, 0.3) is 0 Å². The van der Waals surface area contributed by atoms with E-state index in [4.69, 9.17) is 0 Å². The van der Waals surface area contributed by atoms with Gasteiger partial charge in [-0.3, -0.25) is 4.99 Å². The van der Waals surface area contributed by atoms with E-state index in [1.807, 2.05) is 7.05 Å². The number of halogens is 1. The molecule has 0 saturated carbocycles. The van der Waals surface area contributed by atoms with E-state index >= 15 is 0 Å². The van der Waals surface area contributed by atoms with Crippen LogP contribution in [0.1, 0.15) is 40.0 Å². The molecule has 2 saturated heterocycles. The maximum atomic E-state index is 4.38. The third-order valence-corrected chi connectivity index (χ3v) is 6.14. The normalized spacial score (nSPS) is 21.9. The van der Waals surface area contributed by atoms with Crippen LogP contribution in [-0.4, -0.2) is 99.7 Å². The van der Waals surface area contributed by atoms with Crippen LogP contribution in [0, 0.1) is 11.8 Å². The number of guanidine groups is 1. The predicted octanol–water partition coefficient (Wildman–Crippen LogP) is 2.17. The van der Waals surface area contributed by atoms with Gasteiger partial charge in [0.2, 0.25) is 0 Å². The van der Waals surface area contributed by atoms with E-state index in [1.54, 1.807) is 0 Å². The molecule has 2 aliphatic rings. The smallest absolute Gasteiger partial charge is 0.190 e. The minimum atomic E-state index is 0. The fraction of sp³-hybridized carbons (Fsp3) is 0.952. The third kappa shape index (κ3) is 10.1. The Morgan fingerprint density at radius 2 is 1.64 bits per heavy atom. The molecule has 0 bridgehead atoms. The summed E-state index contributed by atoms with van der Waals surface area (Å²) in [5.74, 6) is 2.50. The van der Waals surface area contributed by atoms with Crippen LogP contribution in [0.25, 0.3) is 0 Å². The Morgan fingerprint density at radius 3 is 2.25 bits per heavy atom. The zero-order valence-corrected chi connectivity index (χ0v) is 21.1. The first kappa shape index (κ1) is 25.9. The third-order valence-electron chi connectivity index (χ3n) is 6.14. The lowest BCUT2D eigenvalue weighted by atomic mass is 9.99. The molecule has 1 unspecified atom stereocenters. The van der Waals surface area contributed by atoms with Crippen molar-refractivity contribution in [2.75, 3.05) is 79.0 Å². The van der Waals surface area contributed by atoms with Crippen molar-refractivity contribution in [2.45, 2.75) is 40.0 Å². The van der Waals surface area contributed by atoms with Gasteiger partial charge in [0.15, 0.2) is 5.96 Å². The van der Waals surface area contributed by atoms with E-state index < -0.39 is 0 Å². The van der Waals surface area contributed by atoms with Crippen LogP contribution >= 0.6 is 24.0 Å². The van der Waals surface area contributed by atoms with Crippen molar-refractivity contribution in [2.24, 2.45) is 16.8 Å². The summed E-state index contributed by atoms with van der Waals surface area (Å²) in [5.41, 5.74) is 0. The molecule has 0 aromatic rings. The highest BCUT2D eigenvalue weighted by Crippen LogP contribution is 2.15. The molecule has 0 aliphatic carbocycles. The molecule has 28 heavy (non-hydrogen) atoms. The lowest BCUT2D eigenvalue weighted by molar-refractivity contribution is 0.124. The lowest BCUT2D eigenvalue weighted by Crippen LogP contribution is -2.48. The van der Waals surface area contributed by atoms with Gasteiger partial charge in [0, 0.05) is 52.9 Å². The lowest BCUT2D eigenvalue weighted by Gasteiger charge is -2.35. The number of piperazine rings is 1. The maximum Gasteiger partial charge on any atom is 0.190 e. The molecule has 0 aromatic carbocycles. The highest BCUT2D eigenvalue weighted by molar-refractivity contribution is 14.0. The van der Waals surface area contributed by atoms with Crippen LogP contribution in [0.5, 0.6) is 0 Å². The monoisotopic (exact) mass is 508 g/mol. The van der Waals surface area contributed by atoms with Gasteiger partial charge in [-0.15, -0.1) is 24.0 Å². The number of aliphatic imine (C=N–C) groups is 1. The van der Waals surface area contributed by atoms with Crippen molar-refractivity contribution in [3.05, 3.63) is 0 Å². The second kappa shape index (κ2) is 14.8. The molecule has 2 rings (SSSR count). The van der Waals surface area contributed by atoms with E-state index in [9.17, 15) is 0 Å². The molecule has 2 aliphatic heterocycles. The Morgan fingerprint density at radius 1 is 1.00 bits per heavy atom. The molecule has 0 aromatic heterocycles. The second-order valence-corrected chi connectivity index (χ2v) is 8.60. The van der Waals surface area contributed by atoms with Crippen molar-refractivity contribution in [3.8, 4) is 0 Å². The van der Waals surface area contributed by atoms with E-state index in [0.29, 0.717) is 5.92 Å². The summed E-state index contributed by atoms with van der Waals surface area (Å²) in [6.45, 7) is 19.9. The number of piperidine rings is 1. The number of likely N-dealkylation sites (N-methyl/N-ethyl adjacent to an activating group) is 1. The number of hydrogen-bond donors (Lipinski definition) is 2. The summed E-state index contributed by atoms with van der Waals surface area (Å²) in [6, 6.07) is 0. The minimum Gasteiger partial charge on any atom is -0.356 e. The van der Waals surface area contributed by atoms with Gasteiger partial charge in [-0.2, -0.15) is 0 Å². The molecular weight excluding hydrogens is 463 g/mol. The second-order valence-electron chi connectivity index (χ2n) is 8.60. The first-order chi connectivity index (χ1) is 13.1. The summed E-state index contributed by atoms with van der Waals surface area (Å²) in [4.78, 5) is 12.1. The van der Waals surface area contributed by atoms with E-state index in [0.717, 1.165) is 25.0 Å². The summed E-state index contributed by atoms with van der Waals surface area (Å²) in [5, 5.41) is 6.99. The van der Waals surface area contributed by atoms with Gasteiger partial charge in [0.05, 0.1) is 0 Å². The van der Waals surface area contributed by atoms with Gasteiger partial charge in [-0.1, -0.05) is 20.8 Å². The Balaban J connectivity index is 0.00000392. The summed E-state index contributed by atoms with van der Waals surface area (Å²) < 4.78 is 0. The molecule has 0 spiro atoms. The predicted molar refractivity (Wildman–Crippen MR) is 132 cm³/mol. The fourth-order valence-corrected chi connectivity index (χ4v) is 4.08. The number of rotatable bonds is 9. The Hall–Kier alpha value is -0.120. The van der Waals surface area contributed by atoms with Gasteiger partial charge in [0.1, 0.15) is 0 Å². The first-order valence-electron chi connectivity index (χ1n) is 11.2. The Bertz CT molecular complexity index is 417. The summed E-state index contributed by atoms with van der Waals surface area (Å²) in [6.07, 6.45) is 3.91. The summed E-state index contributed by atoms with van der Waals surface area (Å²) >= 11 is 0. The number of hydrogen-bond acceptors (Lipinski definition) is 4. The van der Waals surface area contributed by atoms with Crippen molar-refractivity contribution >= 4 is 29.9 Å². The van der Waals surface area contributed by atoms with Crippen LogP contribution in [0.3, 0.4) is 0 Å². The number of likely N-dealkylation sites (tertiary alicyclic amines) is 1. The first-order valence-corrected chi connectivity index (χ1v) is 11.2. The molecule has 2 heterocycles. The average Bonchev–Trinajstić information content (AvgIpc) is 2.69. The Kier molecular flexibility index (Phi) is 13.7. The fourth-order valence-electron chi connectivity index (χ4n) is 4.08. The van der Waals surface area contributed by atoms with Crippen LogP contribution in [-0.2, 0) is 0 Å². The number of nitrogens with zero attached hydrogens (tertiary/aromatic N) is 4. The molecular formula is C21H45IN6. The Labute approximate surface area is 190 Å². The zero-order chi connectivity index (χ0) is 19.5. The van der Waals surface area contributed by atoms with Gasteiger partial charge >= 0.3 is 0 Å². The highest BCUT2D eigenvalue weighted by atomic mass is 127. The minimum absolute atomic E-state index is 0. The van der Waals surface area contributed by atoms with Crippen LogP contribution in [0.4, 0.5) is 0 Å². The van der Waals surface area contributed by atoms with Crippen molar-refractivity contribution in [1.82, 2.24) is 25.3 Å². The van der Waals surface area contributed by atoms with Gasteiger partial charge in [-0.25, -0.2) is 0 Å². The molecule has 1 atom stereocenters. The van der Waals surface area contributed by atoms with E-state index in [2.05, 4.69) is 51.1 Å². The molecule has 0 radical (unpaired) electrons. The van der Waals surface area contributed by atoms with E-state index in [-0.39, 0.29) is 24.0 Å². The maximum absolute atomic E-state index is 4.38. The van der Waals surface area contributed by atoms with Crippen LogP contribution in [0.15, 0.2) is 4.99 Å². The van der Waals surface area contributed by atoms with Crippen molar-refractivity contribution in [3.63, 3.8) is 0 Å². The van der Waals surface area contributed by atoms with Gasteiger partial charge in [-0.05, 0) is 57.3 Å². The van der Waals surface area contributed by atoms with E-state index in [1.165, 1.54) is 78.2 Å². The standard InChI is InChI=1S/C21H44N6.HI/c1-5-25-13-15-27(16-14-25)18-20(3)17-24-21(22-4)23-9-6-10-26-11-7-19(2)8-12-26;/h19-20H,5-18H2,1-4H3,(H2,22,23,24);1H. The average molecular weight is 509 g/mol. The molecule has 7 heteroatoms. The van der Waals surface area contributed by atoms with Crippen molar-refractivity contribution in [1.29, 1.82) is 0 Å². The highest BCUT2D eigenvalue weighted by Gasteiger charge is 2.17. The molecule has 6 nitrogen and oxygen atoms in total. The van der Waals surface area contributed by atoms with Crippen LogP contribution < -0.4 is 10.6 Å². The number of nitrogens with one attached hydrogen (secondary N) is 2. The molecule has 166 valence electrons. The molecule has 2 N–H and O–H groups in total. The van der Waals surface area contributed by atoms with Crippen molar-refractivity contribution < 1.29 is 0 Å². The SMILES string of the molecule is CCN1CCN(CC(C)CNC(=NC)NCCCN2CCC(C)CC2)CC1.I. The summed E-state index contributed by atoms with van der Waals surface area (Å²) in [7, 11) is 1.87. The van der Waals surface area contributed by atoms with Gasteiger partial charge < -0.3 is 25.3 Å². The zero-order valence-electron chi connectivity index (χ0n) is 18.8. The quantitative estimate of drug-likeness (QED) is 0.216. The largest absolute Gasteiger partial charge is 0.356 e.